The Morgan fingerprint density at radius 2 is 2.03 bits per heavy atom. The minimum atomic E-state index is -0.626. The van der Waals surface area contributed by atoms with Gasteiger partial charge >= 0.3 is 11.9 Å². The highest BCUT2D eigenvalue weighted by atomic mass is 35.5. The molecule has 2 aliphatic rings. The van der Waals surface area contributed by atoms with E-state index in [1.165, 1.54) is 0 Å². The van der Waals surface area contributed by atoms with Gasteiger partial charge in [0.1, 0.15) is 23.5 Å². The predicted octanol–water partition coefficient (Wildman–Crippen LogP) is 4.08. The molecule has 1 aromatic heterocycles. The first-order chi connectivity index (χ1) is 13.8. The third kappa shape index (κ3) is 2.96. The van der Waals surface area contributed by atoms with Gasteiger partial charge in [-0.2, -0.15) is 9.58 Å². The average Bonchev–Trinajstić information content (AvgIpc) is 3.29. The molecule has 1 saturated heterocycles. The van der Waals surface area contributed by atoms with E-state index in [1.807, 2.05) is 26.0 Å². The quantitative estimate of drug-likeness (QED) is 0.696. The molecule has 29 heavy (non-hydrogen) atoms. The fraction of sp³-hybridized carbons (Fsp3) is 0.350. The Morgan fingerprint density at radius 3 is 2.66 bits per heavy atom. The molecular formula is C20H22Cl2N5O2+. The molecule has 9 heteroatoms. The second kappa shape index (κ2) is 7.16. The summed E-state index contributed by atoms with van der Waals surface area (Å²) in [4.78, 5) is 26.5. The summed E-state index contributed by atoms with van der Waals surface area (Å²) in [5, 5.41) is 8.45. The predicted molar refractivity (Wildman–Crippen MR) is 112 cm³/mol. The van der Waals surface area contributed by atoms with E-state index in [0.29, 0.717) is 27.9 Å². The lowest BCUT2D eigenvalue weighted by Gasteiger charge is -2.36. The van der Waals surface area contributed by atoms with E-state index in [1.54, 1.807) is 23.0 Å². The highest BCUT2D eigenvalue weighted by Gasteiger charge is 2.54. The van der Waals surface area contributed by atoms with Gasteiger partial charge < -0.3 is 11.1 Å². The Kier molecular flexibility index (Phi) is 4.93. The number of nitrogens with one attached hydrogen (secondary N) is 1. The molecule has 2 unspecified atom stereocenters. The maximum absolute atomic E-state index is 13.9. The maximum atomic E-state index is 13.9. The Hall–Kier alpha value is -2.35. The summed E-state index contributed by atoms with van der Waals surface area (Å²) in [6.45, 7) is 4.12. The fourth-order valence-corrected chi connectivity index (χ4v) is 4.80. The number of anilines is 1. The van der Waals surface area contributed by atoms with Crippen molar-refractivity contribution in [2.75, 3.05) is 11.9 Å². The summed E-state index contributed by atoms with van der Waals surface area (Å²) in [6.07, 6.45) is 3.18. The molecule has 0 bridgehead atoms. The molecule has 3 atom stereocenters. The Bertz CT molecular complexity index is 1050. The summed E-state index contributed by atoms with van der Waals surface area (Å²) in [6, 6.07) is 5.70. The monoisotopic (exact) mass is 434 g/mol. The number of primary amides is 1. The highest BCUT2D eigenvalue weighted by molar-refractivity contribution is 6.42. The number of hydrogen-bond donors (Lipinski definition) is 2. The number of hydrogen-bond acceptors (Lipinski definition) is 4. The van der Waals surface area contributed by atoms with E-state index in [9.17, 15) is 9.59 Å². The minimum Gasteiger partial charge on any atom is -0.344 e. The zero-order chi connectivity index (χ0) is 20.9. The molecule has 0 radical (unpaired) electrons. The van der Waals surface area contributed by atoms with Gasteiger partial charge in [0.2, 0.25) is 0 Å². The van der Waals surface area contributed by atoms with Crippen LogP contribution in [0.15, 0.2) is 41.7 Å². The number of urea groups is 1. The van der Waals surface area contributed by atoms with Gasteiger partial charge in [-0.1, -0.05) is 29.3 Å². The second-order valence-corrected chi connectivity index (χ2v) is 8.44. The number of aromatic nitrogens is 2. The molecule has 2 aliphatic heterocycles. The van der Waals surface area contributed by atoms with Crippen LogP contribution in [0, 0.1) is 0 Å². The van der Waals surface area contributed by atoms with Crippen LogP contribution in [0.1, 0.15) is 38.3 Å². The van der Waals surface area contributed by atoms with E-state index >= 15 is 0 Å². The van der Waals surface area contributed by atoms with Crippen molar-refractivity contribution in [3.05, 3.63) is 57.3 Å². The van der Waals surface area contributed by atoms with E-state index in [2.05, 4.69) is 10.4 Å². The van der Waals surface area contributed by atoms with Crippen LogP contribution in [0.3, 0.4) is 0 Å². The summed E-state index contributed by atoms with van der Waals surface area (Å²) in [5.41, 5.74) is 7.66. The van der Waals surface area contributed by atoms with Crippen LogP contribution in [-0.2, 0) is 4.79 Å². The molecule has 1 aromatic carbocycles. The van der Waals surface area contributed by atoms with E-state index in [-0.39, 0.29) is 16.4 Å². The van der Waals surface area contributed by atoms with Gasteiger partial charge in [0, 0.05) is 24.6 Å². The highest BCUT2D eigenvalue weighted by Crippen LogP contribution is 2.41. The standard InChI is InChI=1S/C20H21Cl2N5O2/c1-11-4-3-9-27(11,20(23)29)19(28)17-12(2)25-16-7-8-24-26(16)18(17)13-5-6-14(21)15(22)10-13/h5-8,10-11,18H,3-4,9H2,1-2H3,(H2-,23,24,25,28,29)/p+1/t11-,18?,27?/m1/s1. The van der Waals surface area contributed by atoms with Crippen molar-refractivity contribution in [3.63, 3.8) is 0 Å². The van der Waals surface area contributed by atoms with Crippen LogP contribution in [-0.4, -0.2) is 38.8 Å². The van der Waals surface area contributed by atoms with Gasteiger partial charge in [0.25, 0.3) is 0 Å². The van der Waals surface area contributed by atoms with Crippen molar-refractivity contribution in [2.24, 2.45) is 5.73 Å². The van der Waals surface area contributed by atoms with Crippen molar-refractivity contribution in [3.8, 4) is 0 Å². The molecule has 3 amide bonds. The van der Waals surface area contributed by atoms with Crippen molar-refractivity contribution in [2.45, 2.75) is 38.8 Å². The van der Waals surface area contributed by atoms with Gasteiger partial charge in [0.05, 0.1) is 22.8 Å². The molecule has 0 spiro atoms. The van der Waals surface area contributed by atoms with Crippen LogP contribution in [0.2, 0.25) is 10.0 Å². The smallest absolute Gasteiger partial charge is 0.344 e. The number of carbonyl (C=O) groups excluding carboxylic acids is 2. The fourth-order valence-electron chi connectivity index (χ4n) is 4.49. The van der Waals surface area contributed by atoms with Crippen LogP contribution >= 0.6 is 23.2 Å². The van der Waals surface area contributed by atoms with Crippen LogP contribution in [0.25, 0.3) is 0 Å². The largest absolute Gasteiger partial charge is 0.421 e. The van der Waals surface area contributed by atoms with Crippen LogP contribution < -0.4 is 11.1 Å². The number of halogens is 2. The summed E-state index contributed by atoms with van der Waals surface area (Å²) >= 11 is 12.4. The zero-order valence-electron chi connectivity index (χ0n) is 16.2. The molecule has 3 heterocycles. The van der Waals surface area contributed by atoms with Gasteiger partial charge in [0.15, 0.2) is 0 Å². The third-order valence-electron chi connectivity index (χ3n) is 6.04. The van der Waals surface area contributed by atoms with E-state index in [4.69, 9.17) is 28.9 Å². The molecular weight excluding hydrogens is 413 g/mol. The topological polar surface area (TPSA) is 90.0 Å². The number of imide groups is 1. The molecule has 0 saturated carbocycles. The Morgan fingerprint density at radius 1 is 1.28 bits per heavy atom. The lowest BCUT2D eigenvalue weighted by atomic mass is 9.93. The Labute approximate surface area is 178 Å². The van der Waals surface area contributed by atoms with Gasteiger partial charge in [-0.05, 0) is 31.5 Å². The summed E-state index contributed by atoms with van der Waals surface area (Å²) < 4.78 is 1.33. The van der Waals surface area contributed by atoms with Crippen LogP contribution in [0.5, 0.6) is 0 Å². The molecule has 2 aromatic rings. The molecule has 1 fully saturated rings. The average molecular weight is 435 g/mol. The normalized spacial score (nSPS) is 26.2. The maximum Gasteiger partial charge on any atom is 0.421 e. The molecule has 152 valence electrons. The molecule has 0 aliphatic carbocycles. The SMILES string of the molecule is CC1=C(C(=O)[N+]2(C(N)=O)CCC[C@H]2C)C(c2ccc(Cl)c(Cl)c2)n2nccc2N1. The molecule has 7 nitrogen and oxygen atoms in total. The Balaban J connectivity index is 1.91. The molecule has 3 N–H and O–H groups in total. The first kappa shape index (κ1) is 19.9. The van der Waals surface area contributed by atoms with E-state index < -0.39 is 12.1 Å². The van der Waals surface area contributed by atoms with Gasteiger partial charge in [-0.3, -0.25) is 0 Å². The summed E-state index contributed by atoms with van der Waals surface area (Å²) in [5.74, 6) is 0.444. The van der Waals surface area contributed by atoms with E-state index in [0.717, 1.165) is 24.2 Å². The van der Waals surface area contributed by atoms with Crippen molar-refractivity contribution >= 4 is 41.0 Å². The number of fused-ring (bicyclic) bond motifs is 1. The number of benzene rings is 1. The second-order valence-electron chi connectivity index (χ2n) is 7.63. The number of carbonyl (C=O) groups is 2. The van der Waals surface area contributed by atoms with Crippen molar-refractivity contribution in [1.82, 2.24) is 9.78 Å². The first-order valence-corrected chi connectivity index (χ1v) is 10.2. The first-order valence-electron chi connectivity index (χ1n) is 9.46. The number of rotatable bonds is 2. The summed E-state index contributed by atoms with van der Waals surface area (Å²) in [7, 11) is 0. The molecule has 4 rings (SSSR count). The number of amides is 3. The van der Waals surface area contributed by atoms with Crippen LogP contribution in [0.4, 0.5) is 10.6 Å². The third-order valence-corrected chi connectivity index (χ3v) is 6.78. The number of nitrogens with zero attached hydrogens (tertiary/aromatic N) is 3. The lowest BCUT2D eigenvalue weighted by Crippen LogP contribution is -2.62. The number of nitrogens with two attached hydrogens (primary N) is 1. The van der Waals surface area contributed by atoms with Crippen molar-refractivity contribution in [1.29, 1.82) is 0 Å². The number of quaternary nitrogens is 1. The lowest BCUT2D eigenvalue weighted by molar-refractivity contribution is -0.781. The van der Waals surface area contributed by atoms with Gasteiger partial charge in [-0.25, -0.2) is 14.3 Å². The van der Waals surface area contributed by atoms with Gasteiger partial charge in [-0.15, -0.1) is 0 Å². The number of likely N-dealkylation sites (tertiary alicyclic amines) is 1. The van der Waals surface area contributed by atoms with Crippen molar-refractivity contribution < 1.29 is 14.1 Å². The minimum absolute atomic E-state index is 0.186. The zero-order valence-corrected chi connectivity index (χ0v) is 17.7. The number of allylic oxidation sites excluding steroid dienone is 1.